The number of nitrogen functional groups attached to an aromatic ring is 1. The second-order valence-electron chi connectivity index (χ2n) is 11.0. The Hall–Kier alpha value is -5.11. The van der Waals surface area contributed by atoms with E-state index in [1.807, 2.05) is 48.5 Å². The molecule has 2 atom stereocenters. The second kappa shape index (κ2) is 16.7. The number of aryl methyl sites for hydroxylation is 2. The number of fused-ring (bicyclic) bond motifs is 1. The number of nitrogens with one attached hydrogen (secondary N) is 2. The fraction of sp³-hybridized carbons (Fsp3) is 0.270. The van der Waals surface area contributed by atoms with Crippen LogP contribution >= 0.6 is 0 Å². The lowest BCUT2D eigenvalue weighted by Crippen LogP contribution is -2.39. The first-order valence-electron chi connectivity index (χ1n) is 15.1. The van der Waals surface area contributed by atoms with E-state index in [-0.39, 0.29) is 30.4 Å². The van der Waals surface area contributed by atoms with E-state index in [9.17, 15) is 9.59 Å². The second-order valence-corrected chi connectivity index (χ2v) is 11.0. The van der Waals surface area contributed by atoms with E-state index >= 15 is 0 Å². The standard InChI is InChI=1S/C22H27N3O3.C15H14O2/c1-16(27)28-14-20(13-18-8-5-9-19(12-18)22(23)24)21(25-15-26)11-10-17-6-3-2-4-7-17;1-11-2-4-12(5-3-11)13-6-7-14-15(10-13)17-9-8-16-14/h2-9,12,15,20-21H,10-11,13-14H2,1H3,(H3,23,24)(H,25,26);2-7,10H,8-9H2,1H3. The molecule has 8 heteroatoms. The van der Waals surface area contributed by atoms with Gasteiger partial charge in [-0.2, -0.15) is 0 Å². The van der Waals surface area contributed by atoms with E-state index in [0.29, 0.717) is 31.6 Å². The van der Waals surface area contributed by atoms with Crippen molar-refractivity contribution in [3.05, 3.63) is 119 Å². The Morgan fingerprint density at radius 2 is 1.60 bits per heavy atom. The molecule has 0 fully saturated rings. The van der Waals surface area contributed by atoms with Crippen molar-refractivity contribution in [2.24, 2.45) is 11.7 Å². The van der Waals surface area contributed by atoms with Gasteiger partial charge in [-0.1, -0.05) is 84.4 Å². The molecule has 0 saturated heterocycles. The lowest BCUT2D eigenvalue weighted by Gasteiger charge is -2.27. The summed E-state index contributed by atoms with van der Waals surface area (Å²) in [6, 6.07) is 31.9. The van der Waals surface area contributed by atoms with Crippen molar-refractivity contribution in [3.8, 4) is 22.6 Å². The molecule has 8 nitrogen and oxygen atoms in total. The Kier molecular flexibility index (Phi) is 12.1. The number of esters is 1. The average Bonchev–Trinajstić information content (AvgIpc) is 3.06. The zero-order valence-corrected chi connectivity index (χ0v) is 25.8. The summed E-state index contributed by atoms with van der Waals surface area (Å²) >= 11 is 0. The van der Waals surface area contributed by atoms with Crippen LogP contribution in [0.5, 0.6) is 11.5 Å². The number of hydrogen-bond acceptors (Lipinski definition) is 6. The molecule has 45 heavy (non-hydrogen) atoms. The first kappa shape index (κ1) is 32.8. The molecule has 0 aliphatic carbocycles. The third-order valence-electron chi connectivity index (χ3n) is 7.60. The van der Waals surface area contributed by atoms with Gasteiger partial charge in [0.15, 0.2) is 11.5 Å². The van der Waals surface area contributed by atoms with Gasteiger partial charge in [0.1, 0.15) is 19.0 Å². The maximum atomic E-state index is 11.3. The van der Waals surface area contributed by atoms with Crippen LogP contribution in [0.1, 0.15) is 35.6 Å². The molecule has 0 aromatic heterocycles. The van der Waals surface area contributed by atoms with Crippen molar-refractivity contribution in [1.82, 2.24) is 5.32 Å². The molecule has 2 unspecified atom stereocenters. The minimum atomic E-state index is -0.351. The van der Waals surface area contributed by atoms with E-state index in [4.69, 9.17) is 25.4 Å². The van der Waals surface area contributed by atoms with Gasteiger partial charge in [-0.15, -0.1) is 0 Å². The molecular weight excluding hydrogens is 566 g/mol. The number of carbonyl (C=O) groups excluding carboxylic acids is 2. The van der Waals surface area contributed by atoms with E-state index in [1.165, 1.54) is 23.6 Å². The summed E-state index contributed by atoms with van der Waals surface area (Å²) in [5.41, 5.74) is 12.0. The Balaban J connectivity index is 0.000000229. The van der Waals surface area contributed by atoms with Gasteiger partial charge >= 0.3 is 5.97 Å². The number of amides is 1. The highest BCUT2D eigenvalue weighted by atomic mass is 16.6. The Morgan fingerprint density at radius 1 is 0.911 bits per heavy atom. The molecule has 234 valence electrons. The van der Waals surface area contributed by atoms with Crippen molar-refractivity contribution in [2.75, 3.05) is 19.8 Å². The summed E-state index contributed by atoms with van der Waals surface area (Å²) in [7, 11) is 0. The smallest absolute Gasteiger partial charge is 0.302 e. The first-order chi connectivity index (χ1) is 21.8. The number of nitrogens with two attached hydrogens (primary N) is 1. The van der Waals surface area contributed by atoms with Gasteiger partial charge in [-0.05, 0) is 66.6 Å². The zero-order valence-electron chi connectivity index (χ0n) is 25.8. The van der Waals surface area contributed by atoms with Crippen LogP contribution in [0.2, 0.25) is 0 Å². The lowest BCUT2D eigenvalue weighted by atomic mass is 9.88. The Bertz CT molecular complexity index is 1560. The fourth-order valence-corrected chi connectivity index (χ4v) is 5.19. The van der Waals surface area contributed by atoms with Crippen molar-refractivity contribution >= 4 is 18.2 Å². The lowest BCUT2D eigenvalue weighted by molar-refractivity contribution is -0.142. The monoisotopic (exact) mass is 607 g/mol. The van der Waals surface area contributed by atoms with Crippen molar-refractivity contribution < 1.29 is 23.8 Å². The number of carbonyl (C=O) groups is 2. The molecule has 1 aliphatic heterocycles. The number of benzene rings is 4. The molecular formula is C37H41N3O5. The van der Waals surface area contributed by atoms with Crippen LogP contribution in [-0.4, -0.2) is 44.1 Å². The normalized spacial score (nSPS) is 12.9. The van der Waals surface area contributed by atoms with Crippen LogP contribution in [0.3, 0.4) is 0 Å². The maximum absolute atomic E-state index is 11.3. The molecule has 5 rings (SSSR count). The maximum Gasteiger partial charge on any atom is 0.302 e. The molecule has 0 bridgehead atoms. The van der Waals surface area contributed by atoms with Gasteiger partial charge in [0, 0.05) is 24.4 Å². The van der Waals surface area contributed by atoms with Gasteiger partial charge < -0.3 is 25.3 Å². The highest BCUT2D eigenvalue weighted by Crippen LogP contribution is 2.34. The molecule has 1 amide bonds. The first-order valence-corrected chi connectivity index (χ1v) is 15.1. The Labute approximate surface area is 265 Å². The topological polar surface area (TPSA) is 124 Å². The zero-order chi connectivity index (χ0) is 32.0. The SMILES string of the molecule is CC(=O)OCC(Cc1cccc(C(=N)N)c1)C(CCc1ccccc1)NC=O.Cc1ccc(-c2ccc3c(c2)OCCO3)cc1. The molecule has 1 heterocycles. The minimum absolute atomic E-state index is 0.00466. The molecule has 4 N–H and O–H groups in total. The van der Waals surface area contributed by atoms with Crippen LogP contribution in [-0.2, 0) is 27.2 Å². The van der Waals surface area contributed by atoms with Gasteiger partial charge in [0.25, 0.3) is 0 Å². The average molecular weight is 608 g/mol. The molecule has 4 aromatic rings. The molecule has 0 spiro atoms. The third-order valence-corrected chi connectivity index (χ3v) is 7.60. The van der Waals surface area contributed by atoms with Gasteiger partial charge in [0.2, 0.25) is 6.41 Å². The summed E-state index contributed by atoms with van der Waals surface area (Å²) in [6.07, 6.45) is 2.81. The highest BCUT2D eigenvalue weighted by Gasteiger charge is 2.23. The predicted molar refractivity (Wildman–Crippen MR) is 177 cm³/mol. The van der Waals surface area contributed by atoms with Crippen molar-refractivity contribution in [3.63, 3.8) is 0 Å². The number of hydrogen-bond donors (Lipinski definition) is 3. The summed E-state index contributed by atoms with van der Waals surface area (Å²) in [6.45, 7) is 4.94. The molecule has 1 aliphatic rings. The van der Waals surface area contributed by atoms with E-state index in [1.54, 1.807) is 6.07 Å². The molecule has 0 saturated carbocycles. The van der Waals surface area contributed by atoms with Gasteiger partial charge in [-0.25, -0.2) is 0 Å². The summed E-state index contributed by atoms with van der Waals surface area (Å²) in [4.78, 5) is 22.5. The minimum Gasteiger partial charge on any atom is -0.486 e. The molecule has 0 radical (unpaired) electrons. The summed E-state index contributed by atoms with van der Waals surface area (Å²) < 4.78 is 16.4. The van der Waals surface area contributed by atoms with Gasteiger partial charge in [-0.3, -0.25) is 15.0 Å². The van der Waals surface area contributed by atoms with Crippen molar-refractivity contribution in [1.29, 1.82) is 5.41 Å². The quantitative estimate of drug-likeness (QED) is 0.0801. The van der Waals surface area contributed by atoms with Crippen LogP contribution in [0.4, 0.5) is 0 Å². The number of rotatable bonds is 12. The Morgan fingerprint density at radius 3 is 2.29 bits per heavy atom. The van der Waals surface area contributed by atoms with E-state index in [2.05, 4.69) is 54.7 Å². The van der Waals surface area contributed by atoms with E-state index in [0.717, 1.165) is 35.5 Å². The van der Waals surface area contributed by atoms with Crippen LogP contribution in [0.15, 0.2) is 97.1 Å². The van der Waals surface area contributed by atoms with Crippen molar-refractivity contribution in [2.45, 2.75) is 39.2 Å². The third kappa shape index (κ3) is 10.2. The largest absolute Gasteiger partial charge is 0.486 e. The van der Waals surface area contributed by atoms with Crippen LogP contribution < -0.4 is 20.5 Å². The van der Waals surface area contributed by atoms with Crippen LogP contribution in [0.25, 0.3) is 11.1 Å². The van der Waals surface area contributed by atoms with Crippen LogP contribution in [0, 0.1) is 18.3 Å². The number of ether oxygens (including phenoxy) is 3. The summed E-state index contributed by atoms with van der Waals surface area (Å²) in [5, 5.41) is 10.5. The summed E-state index contributed by atoms with van der Waals surface area (Å²) in [5.74, 6) is 1.24. The van der Waals surface area contributed by atoms with E-state index < -0.39 is 0 Å². The number of amidine groups is 1. The predicted octanol–water partition coefficient (Wildman–Crippen LogP) is 5.87. The fourth-order valence-electron chi connectivity index (χ4n) is 5.19. The highest BCUT2D eigenvalue weighted by molar-refractivity contribution is 5.95. The molecule has 4 aromatic carbocycles. The van der Waals surface area contributed by atoms with Gasteiger partial charge in [0.05, 0.1) is 6.61 Å².